The van der Waals surface area contributed by atoms with Crippen molar-refractivity contribution < 1.29 is 14.7 Å². The van der Waals surface area contributed by atoms with E-state index in [1.165, 1.54) is 22.3 Å². The fourth-order valence-corrected chi connectivity index (χ4v) is 3.68. The second-order valence-corrected chi connectivity index (χ2v) is 7.50. The fraction of sp³-hybridized carbons (Fsp3) is 0.429. The Kier molecular flexibility index (Phi) is 4.65. The molecule has 1 amide bonds. The van der Waals surface area contributed by atoms with Crippen molar-refractivity contribution in [1.29, 1.82) is 0 Å². The van der Waals surface area contributed by atoms with Crippen LogP contribution in [-0.4, -0.2) is 34.0 Å². The first-order chi connectivity index (χ1) is 9.43. The van der Waals surface area contributed by atoms with Gasteiger partial charge in [0.05, 0.1) is 3.79 Å². The molecule has 2 heterocycles. The van der Waals surface area contributed by atoms with Gasteiger partial charge in [0, 0.05) is 17.5 Å². The highest BCUT2D eigenvalue weighted by atomic mass is 79.9. The Morgan fingerprint density at radius 1 is 1.45 bits per heavy atom. The third-order valence-electron chi connectivity index (χ3n) is 3.60. The highest BCUT2D eigenvalue weighted by Crippen LogP contribution is 2.29. The van der Waals surface area contributed by atoms with E-state index in [2.05, 4.69) is 15.9 Å². The molecule has 1 N–H and O–H groups in total. The number of hydrogen-bond donors (Lipinski definition) is 1. The number of rotatable bonds is 3. The van der Waals surface area contributed by atoms with Crippen molar-refractivity contribution in [2.24, 2.45) is 0 Å². The van der Waals surface area contributed by atoms with E-state index in [1.54, 1.807) is 13.0 Å². The summed E-state index contributed by atoms with van der Waals surface area (Å²) in [6.45, 7) is 2.13. The lowest BCUT2D eigenvalue weighted by molar-refractivity contribution is -0.158. The molecular weight excluding hydrogens is 342 g/mol. The van der Waals surface area contributed by atoms with Crippen LogP contribution in [-0.2, 0) is 9.59 Å². The van der Waals surface area contributed by atoms with E-state index in [1.807, 2.05) is 12.1 Å². The first-order valence-corrected chi connectivity index (χ1v) is 8.03. The minimum atomic E-state index is -1.09. The summed E-state index contributed by atoms with van der Waals surface area (Å²) in [7, 11) is 0. The highest BCUT2D eigenvalue weighted by molar-refractivity contribution is 9.11. The van der Waals surface area contributed by atoms with Crippen molar-refractivity contribution in [1.82, 2.24) is 4.90 Å². The van der Waals surface area contributed by atoms with Gasteiger partial charge in [0.15, 0.2) is 0 Å². The summed E-state index contributed by atoms with van der Waals surface area (Å²) in [5, 5.41) is 9.38. The Bertz CT molecular complexity index is 554. The summed E-state index contributed by atoms with van der Waals surface area (Å²) in [6.07, 6.45) is 5.40. The lowest BCUT2D eigenvalue weighted by Crippen LogP contribution is -2.57. The van der Waals surface area contributed by atoms with Gasteiger partial charge in [0.2, 0.25) is 5.91 Å². The zero-order valence-corrected chi connectivity index (χ0v) is 13.5. The zero-order chi connectivity index (χ0) is 14.8. The van der Waals surface area contributed by atoms with E-state index in [4.69, 9.17) is 0 Å². The first-order valence-electron chi connectivity index (χ1n) is 6.42. The fourth-order valence-electron chi connectivity index (χ4n) is 2.36. The smallest absolute Gasteiger partial charge is 0.329 e. The number of carbonyl (C=O) groups is 2. The molecule has 1 aromatic heterocycles. The van der Waals surface area contributed by atoms with Crippen molar-refractivity contribution in [3.05, 3.63) is 26.9 Å². The summed E-state index contributed by atoms with van der Waals surface area (Å²) in [5.74, 6) is -1.17. The van der Waals surface area contributed by atoms with Crippen LogP contribution in [0.15, 0.2) is 22.0 Å². The molecule has 0 saturated carbocycles. The largest absolute Gasteiger partial charge is 0.480 e. The van der Waals surface area contributed by atoms with Gasteiger partial charge in [-0.3, -0.25) is 4.79 Å². The van der Waals surface area contributed by atoms with Gasteiger partial charge in [-0.15, -0.1) is 11.3 Å². The predicted octanol–water partition coefficient (Wildman–Crippen LogP) is 3.38. The van der Waals surface area contributed by atoms with Crippen LogP contribution in [0.1, 0.15) is 31.1 Å². The predicted molar refractivity (Wildman–Crippen MR) is 82.7 cm³/mol. The number of aliphatic carboxylic acids is 1. The van der Waals surface area contributed by atoms with Crippen LogP contribution in [0.3, 0.4) is 0 Å². The summed E-state index contributed by atoms with van der Waals surface area (Å²) in [4.78, 5) is 26.1. The number of hydrogen-bond acceptors (Lipinski definition) is 3. The maximum Gasteiger partial charge on any atom is 0.329 e. The minimum absolute atomic E-state index is 0.237. The molecule has 1 aromatic rings. The van der Waals surface area contributed by atoms with Gasteiger partial charge in [-0.25, -0.2) is 4.79 Å². The number of likely N-dealkylation sites (tertiary alicyclic amines) is 1. The molecule has 1 saturated heterocycles. The second-order valence-electron chi connectivity index (χ2n) is 5.00. The third-order valence-corrected chi connectivity index (χ3v) is 5.19. The van der Waals surface area contributed by atoms with E-state index >= 15 is 0 Å². The monoisotopic (exact) mass is 357 g/mol. The van der Waals surface area contributed by atoms with E-state index in [-0.39, 0.29) is 5.91 Å². The quantitative estimate of drug-likeness (QED) is 0.843. The van der Waals surface area contributed by atoms with Gasteiger partial charge in [-0.05, 0) is 60.3 Å². The third kappa shape index (κ3) is 3.12. The summed E-state index contributed by atoms with van der Waals surface area (Å²) >= 11 is 4.89. The first kappa shape index (κ1) is 15.3. The summed E-state index contributed by atoms with van der Waals surface area (Å²) in [5.41, 5.74) is -1.09. The molecule has 0 aliphatic carbocycles. The van der Waals surface area contributed by atoms with Crippen molar-refractivity contribution >= 4 is 45.2 Å². The van der Waals surface area contributed by atoms with Crippen LogP contribution in [0, 0.1) is 0 Å². The molecule has 4 nitrogen and oxygen atoms in total. The van der Waals surface area contributed by atoms with Gasteiger partial charge in [0.25, 0.3) is 0 Å². The SMILES string of the molecule is CC1(C(=O)O)CCCCN1C(=O)/C=C/c1ccc(Br)s1. The molecule has 0 spiro atoms. The minimum Gasteiger partial charge on any atom is -0.480 e. The number of carboxylic acid groups (broad SMARTS) is 1. The number of halogens is 1. The molecule has 1 aliphatic heterocycles. The molecule has 1 atom stereocenters. The van der Waals surface area contributed by atoms with Gasteiger partial charge < -0.3 is 10.0 Å². The molecule has 0 aromatic carbocycles. The molecule has 1 aliphatic rings. The molecule has 6 heteroatoms. The number of carboxylic acids is 1. The zero-order valence-electron chi connectivity index (χ0n) is 11.1. The maximum atomic E-state index is 12.3. The molecular formula is C14H16BrNO3S. The Hall–Kier alpha value is -1.14. The normalized spacial score (nSPS) is 23.2. The van der Waals surface area contributed by atoms with Crippen molar-refractivity contribution in [2.75, 3.05) is 6.54 Å². The van der Waals surface area contributed by atoms with Crippen molar-refractivity contribution in [2.45, 2.75) is 31.7 Å². The van der Waals surface area contributed by atoms with Crippen LogP contribution in [0.4, 0.5) is 0 Å². The Labute approximate surface area is 130 Å². The van der Waals surface area contributed by atoms with Gasteiger partial charge >= 0.3 is 5.97 Å². The van der Waals surface area contributed by atoms with E-state index in [0.717, 1.165) is 21.5 Å². The van der Waals surface area contributed by atoms with Crippen LogP contribution < -0.4 is 0 Å². The number of nitrogens with zero attached hydrogens (tertiary/aromatic N) is 1. The average Bonchev–Trinajstić information content (AvgIpc) is 2.82. The van der Waals surface area contributed by atoms with E-state index in [9.17, 15) is 14.7 Å². The summed E-state index contributed by atoms with van der Waals surface area (Å²) in [6, 6.07) is 3.82. The lowest BCUT2D eigenvalue weighted by atomic mass is 9.88. The number of carbonyl (C=O) groups excluding carboxylic acids is 1. The van der Waals surface area contributed by atoms with E-state index in [0.29, 0.717) is 13.0 Å². The topological polar surface area (TPSA) is 57.6 Å². The van der Waals surface area contributed by atoms with Crippen LogP contribution in [0.5, 0.6) is 0 Å². The van der Waals surface area contributed by atoms with Crippen LogP contribution in [0.25, 0.3) is 6.08 Å². The molecule has 108 valence electrons. The standard InChI is InChI=1S/C14H16BrNO3S/c1-14(13(18)19)8-2-3-9-16(14)12(17)7-5-10-4-6-11(15)20-10/h4-7H,2-3,8-9H2,1H3,(H,18,19)/b7-5+. The lowest BCUT2D eigenvalue weighted by Gasteiger charge is -2.41. The van der Waals surface area contributed by atoms with Crippen molar-refractivity contribution in [3.8, 4) is 0 Å². The van der Waals surface area contributed by atoms with Gasteiger partial charge in [-0.2, -0.15) is 0 Å². The molecule has 0 radical (unpaired) electrons. The van der Waals surface area contributed by atoms with Crippen molar-refractivity contribution in [3.63, 3.8) is 0 Å². The maximum absolute atomic E-state index is 12.3. The van der Waals surface area contributed by atoms with Gasteiger partial charge in [-0.1, -0.05) is 0 Å². The molecule has 0 bridgehead atoms. The number of thiophene rings is 1. The molecule has 2 rings (SSSR count). The Morgan fingerprint density at radius 2 is 2.20 bits per heavy atom. The average molecular weight is 358 g/mol. The van der Waals surface area contributed by atoms with Crippen LogP contribution in [0.2, 0.25) is 0 Å². The number of piperidine rings is 1. The number of amides is 1. The van der Waals surface area contributed by atoms with E-state index < -0.39 is 11.5 Å². The molecule has 20 heavy (non-hydrogen) atoms. The van der Waals surface area contributed by atoms with Crippen LogP contribution >= 0.6 is 27.3 Å². The molecule has 1 unspecified atom stereocenters. The Balaban J connectivity index is 2.14. The second kappa shape index (κ2) is 6.10. The Morgan fingerprint density at radius 3 is 2.80 bits per heavy atom. The molecule has 1 fully saturated rings. The highest BCUT2D eigenvalue weighted by Gasteiger charge is 2.43. The summed E-state index contributed by atoms with van der Waals surface area (Å²) < 4.78 is 0.998. The van der Waals surface area contributed by atoms with Gasteiger partial charge in [0.1, 0.15) is 5.54 Å².